The second kappa shape index (κ2) is 12.7. The van der Waals surface area contributed by atoms with E-state index in [-0.39, 0.29) is 30.6 Å². The van der Waals surface area contributed by atoms with Crippen molar-refractivity contribution in [1.29, 1.82) is 0 Å². The van der Waals surface area contributed by atoms with Crippen molar-refractivity contribution in [3.8, 4) is 0 Å². The fourth-order valence-electron chi connectivity index (χ4n) is 3.43. The van der Waals surface area contributed by atoms with Gasteiger partial charge in [-0.3, -0.25) is 14.4 Å². The molecule has 0 aliphatic rings. The van der Waals surface area contributed by atoms with Crippen LogP contribution in [0.1, 0.15) is 77.7 Å². The minimum Gasteiger partial charge on any atom is -0.360 e. The van der Waals surface area contributed by atoms with Crippen LogP contribution in [0.25, 0.3) is 0 Å². The molecule has 1 aromatic heterocycles. The van der Waals surface area contributed by atoms with Gasteiger partial charge in [0, 0.05) is 41.6 Å². The number of halogens is 1. The smallest absolute Gasteiger partial charge is 0.247 e. The maximum Gasteiger partial charge on any atom is 0.247 e. The molecule has 1 aromatic carbocycles. The minimum atomic E-state index is -0.915. The standard InChI is InChI=1S/C26H37ClN4O4/c1-7-26(5,6)29-25(34)24(19-10-8-9-11-20(19)27)31(15-14-17(2)3)23(33)13-12-22(32)28-21-16-18(4)35-30-21/h8-11,16-17,24H,7,12-15H2,1-6H3,(H,29,34)(H,28,30,32)/t24-/m1/s1. The van der Waals surface area contributed by atoms with Gasteiger partial charge in [-0.15, -0.1) is 0 Å². The van der Waals surface area contributed by atoms with Crippen molar-refractivity contribution in [2.75, 3.05) is 11.9 Å². The van der Waals surface area contributed by atoms with Crippen molar-refractivity contribution in [1.82, 2.24) is 15.4 Å². The average Bonchev–Trinajstić information content (AvgIpc) is 3.19. The number of hydrogen-bond donors (Lipinski definition) is 2. The van der Waals surface area contributed by atoms with Crippen LogP contribution in [-0.2, 0) is 14.4 Å². The molecule has 3 amide bonds. The van der Waals surface area contributed by atoms with E-state index < -0.39 is 11.6 Å². The summed E-state index contributed by atoms with van der Waals surface area (Å²) < 4.78 is 4.95. The van der Waals surface area contributed by atoms with Crippen molar-refractivity contribution in [2.24, 2.45) is 5.92 Å². The molecular formula is C26H37ClN4O4. The van der Waals surface area contributed by atoms with Crippen molar-refractivity contribution in [2.45, 2.75) is 78.8 Å². The summed E-state index contributed by atoms with van der Waals surface area (Å²) in [6, 6.07) is 7.74. The summed E-state index contributed by atoms with van der Waals surface area (Å²) in [7, 11) is 0. The SMILES string of the molecule is CCC(C)(C)NC(=O)[C@@H](c1ccccc1Cl)N(CCC(C)C)C(=O)CCC(=O)Nc1cc(C)on1. The Balaban J connectivity index is 2.30. The van der Waals surface area contributed by atoms with Gasteiger partial charge in [-0.05, 0) is 45.6 Å². The van der Waals surface area contributed by atoms with Crippen molar-refractivity contribution < 1.29 is 18.9 Å². The third kappa shape index (κ3) is 8.69. The number of carbonyl (C=O) groups is 3. The molecule has 0 saturated carbocycles. The van der Waals surface area contributed by atoms with Crippen LogP contribution < -0.4 is 10.6 Å². The number of rotatable bonds is 12. The van der Waals surface area contributed by atoms with E-state index in [2.05, 4.69) is 29.6 Å². The van der Waals surface area contributed by atoms with Crippen LogP contribution >= 0.6 is 11.6 Å². The lowest BCUT2D eigenvalue weighted by atomic mass is 9.97. The van der Waals surface area contributed by atoms with Crippen LogP contribution in [0.2, 0.25) is 5.02 Å². The van der Waals surface area contributed by atoms with Crippen molar-refractivity contribution >= 4 is 35.1 Å². The normalized spacial score (nSPS) is 12.3. The summed E-state index contributed by atoms with van der Waals surface area (Å²) in [5, 5.41) is 9.83. The average molecular weight is 505 g/mol. The molecule has 0 fully saturated rings. The fraction of sp³-hybridized carbons (Fsp3) is 0.538. The lowest BCUT2D eigenvalue weighted by Gasteiger charge is -2.35. The molecule has 2 aromatic rings. The Kier molecular flexibility index (Phi) is 10.3. The van der Waals surface area contributed by atoms with Gasteiger partial charge in [0.1, 0.15) is 11.8 Å². The van der Waals surface area contributed by atoms with Gasteiger partial charge in [0.25, 0.3) is 0 Å². The summed E-state index contributed by atoms with van der Waals surface area (Å²) in [6.07, 6.45) is 1.30. The maximum absolute atomic E-state index is 13.6. The van der Waals surface area contributed by atoms with E-state index in [1.807, 2.05) is 20.8 Å². The van der Waals surface area contributed by atoms with E-state index >= 15 is 0 Å². The number of nitrogens with one attached hydrogen (secondary N) is 2. The Labute approximate surface area is 212 Å². The largest absolute Gasteiger partial charge is 0.360 e. The van der Waals surface area contributed by atoms with E-state index in [1.165, 1.54) is 0 Å². The maximum atomic E-state index is 13.6. The van der Waals surface area contributed by atoms with E-state index in [0.29, 0.717) is 41.0 Å². The Morgan fingerprint density at radius 3 is 2.43 bits per heavy atom. The van der Waals surface area contributed by atoms with Gasteiger partial charge in [-0.1, -0.05) is 55.7 Å². The predicted octanol–water partition coefficient (Wildman–Crippen LogP) is 5.28. The highest BCUT2D eigenvalue weighted by atomic mass is 35.5. The molecule has 9 heteroatoms. The van der Waals surface area contributed by atoms with Crippen LogP contribution in [0.5, 0.6) is 0 Å². The lowest BCUT2D eigenvalue weighted by Crippen LogP contribution is -2.50. The summed E-state index contributed by atoms with van der Waals surface area (Å²) in [5.41, 5.74) is 0.0945. The highest BCUT2D eigenvalue weighted by molar-refractivity contribution is 6.31. The summed E-state index contributed by atoms with van der Waals surface area (Å²) in [6.45, 7) is 12.0. The zero-order chi connectivity index (χ0) is 26.2. The fourth-order valence-corrected chi connectivity index (χ4v) is 3.67. The van der Waals surface area contributed by atoms with Crippen LogP contribution in [0, 0.1) is 12.8 Å². The van der Waals surface area contributed by atoms with Crippen molar-refractivity contribution in [3.05, 3.63) is 46.7 Å². The van der Waals surface area contributed by atoms with E-state index in [0.717, 1.165) is 6.42 Å². The quantitative estimate of drug-likeness (QED) is 0.409. The molecule has 0 spiro atoms. The number of aryl methyl sites for hydroxylation is 1. The van der Waals surface area contributed by atoms with Gasteiger partial charge in [0.15, 0.2) is 5.82 Å². The summed E-state index contributed by atoms with van der Waals surface area (Å²) >= 11 is 6.50. The van der Waals surface area contributed by atoms with Gasteiger partial charge >= 0.3 is 0 Å². The molecule has 8 nitrogen and oxygen atoms in total. The van der Waals surface area contributed by atoms with Gasteiger partial charge in [0.2, 0.25) is 17.7 Å². The number of aromatic nitrogens is 1. The molecule has 1 atom stereocenters. The minimum absolute atomic E-state index is 0.0553. The predicted molar refractivity (Wildman–Crippen MR) is 137 cm³/mol. The van der Waals surface area contributed by atoms with Crippen LogP contribution in [0.3, 0.4) is 0 Å². The Morgan fingerprint density at radius 1 is 1.17 bits per heavy atom. The van der Waals surface area contributed by atoms with Gasteiger partial charge < -0.3 is 20.1 Å². The molecular weight excluding hydrogens is 468 g/mol. The Morgan fingerprint density at radius 2 is 1.86 bits per heavy atom. The molecule has 0 bridgehead atoms. The Bertz CT molecular complexity index is 1020. The van der Waals surface area contributed by atoms with Crippen LogP contribution in [-0.4, -0.2) is 39.9 Å². The highest BCUT2D eigenvalue weighted by Gasteiger charge is 2.35. The molecule has 2 rings (SSSR count). The van der Waals surface area contributed by atoms with Crippen LogP contribution in [0.4, 0.5) is 5.82 Å². The number of benzene rings is 1. The second-order valence-corrected chi connectivity index (χ2v) is 10.2. The second-order valence-electron chi connectivity index (χ2n) is 9.79. The number of hydrogen-bond acceptors (Lipinski definition) is 5. The molecule has 0 unspecified atom stereocenters. The van der Waals surface area contributed by atoms with Gasteiger partial charge in [0.05, 0.1) is 0 Å². The zero-order valence-electron chi connectivity index (χ0n) is 21.5. The molecule has 35 heavy (non-hydrogen) atoms. The van der Waals surface area contributed by atoms with Gasteiger partial charge in [-0.25, -0.2) is 0 Å². The van der Waals surface area contributed by atoms with Crippen molar-refractivity contribution in [3.63, 3.8) is 0 Å². The van der Waals surface area contributed by atoms with E-state index in [1.54, 1.807) is 42.2 Å². The van der Waals surface area contributed by atoms with Crippen LogP contribution in [0.15, 0.2) is 34.9 Å². The van der Waals surface area contributed by atoms with E-state index in [4.69, 9.17) is 16.1 Å². The molecule has 1 heterocycles. The van der Waals surface area contributed by atoms with Gasteiger partial charge in [-0.2, -0.15) is 0 Å². The van der Waals surface area contributed by atoms with E-state index in [9.17, 15) is 14.4 Å². The first-order valence-electron chi connectivity index (χ1n) is 12.0. The molecule has 0 aliphatic carbocycles. The number of anilines is 1. The summed E-state index contributed by atoms with van der Waals surface area (Å²) in [4.78, 5) is 41.0. The first-order chi connectivity index (χ1) is 16.4. The number of carbonyl (C=O) groups excluding carboxylic acids is 3. The zero-order valence-corrected chi connectivity index (χ0v) is 22.2. The molecule has 0 saturated heterocycles. The third-order valence-electron chi connectivity index (χ3n) is 5.83. The number of nitrogens with zero attached hydrogens (tertiary/aromatic N) is 2. The lowest BCUT2D eigenvalue weighted by molar-refractivity contribution is -0.142. The molecule has 0 aliphatic heterocycles. The molecule has 0 radical (unpaired) electrons. The summed E-state index contributed by atoms with van der Waals surface area (Å²) in [5.74, 6) is 0.218. The highest BCUT2D eigenvalue weighted by Crippen LogP contribution is 2.30. The topological polar surface area (TPSA) is 105 Å². The first-order valence-corrected chi connectivity index (χ1v) is 12.4. The Hall–Kier alpha value is -2.87. The number of amides is 3. The molecule has 192 valence electrons. The first kappa shape index (κ1) is 28.4. The molecule has 2 N–H and O–H groups in total. The third-order valence-corrected chi connectivity index (χ3v) is 6.18. The monoisotopic (exact) mass is 504 g/mol.